The van der Waals surface area contributed by atoms with E-state index in [0.717, 1.165) is 10.9 Å². The molecule has 3 N–H and O–H groups in total. The monoisotopic (exact) mass is 348 g/mol. The van der Waals surface area contributed by atoms with Crippen LogP contribution in [0, 0.1) is 5.92 Å². The van der Waals surface area contributed by atoms with E-state index in [2.05, 4.69) is 21.2 Å². The van der Waals surface area contributed by atoms with E-state index in [1.54, 1.807) is 18.2 Å². The topological polar surface area (TPSA) is 55.1 Å². The average Bonchev–Trinajstić information content (AvgIpc) is 2.30. The Balaban J connectivity index is 2.79. The Morgan fingerprint density at radius 2 is 2.28 bits per heavy atom. The van der Waals surface area contributed by atoms with E-state index in [-0.39, 0.29) is 10.9 Å². The maximum Gasteiger partial charge on any atom is 0.234 e. The van der Waals surface area contributed by atoms with Crippen molar-refractivity contribution in [1.82, 2.24) is 0 Å². The van der Waals surface area contributed by atoms with E-state index in [0.29, 0.717) is 17.1 Å². The lowest BCUT2D eigenvalue weighted by atomic mass is 10.0. The van der Waals surface area contributed by atoms with Crippen molar-refractivity contribution >= 4 is 56.3 Å². The molecule has 1 amide bonds. The van der Waals surface area contributed by atoms with Crippen molar-refractivity contribution in [3.05, 3.63) is 27.7 Å². The minimum Gasteiger partial charge on any atom is -0.393 e. The second-order valence-corrected chi connectivity index (χ2v) is 5.59. The second-order valence-electron chi connectivity index (χ2n) is 3.86. The van der Waals surface area contributed by atoms with Crippen LogP contribution < -0.4 is 11.1 Å². The number of halogens is 2. The van der Waals surface area contributed by atoms with Gasteiger partial charge in [0.15, 0.2) is 0 Å². The SMILES string of the molecule is CCCC(C(=O)Nc1ccc(Br)c(Cl)c1)C(N)=S. The number of hydrogen-bond donors (Lipinski definition) is 2. The van der Waals surface area contributed by atoms with Gasteiger partial charge in [0.05, 0.1) is 15.9 Å². The van der Waals surface area contributed by atoms with Crippen molar-refractivity contribution in [3.63, 3.8) is 0 Å². The van der Waals surface area contributed by atoms with E-state index in [4.69, 9.17) is 29.6 Å². The van der Waals surface area contributed by atoms with E-state index in [1.165, 1.54) is 0 Å². The highest BCUT2D eigenvalue weighted by atomic mass is 79.9. The molecule has 1 aromatic rings. The molecule has 1 aromatic carbocycles. The van der Waals surface area contributed by atoms with Gasteiger partial charge in [0.25, 0.3) is 0 Å². The van der Waals surface area contributed by atoms with Gasteiger partial charge in [-0.15, -0.1) is 0 Å². The molecule has 0 saturated carbocycles. The van der Waals surface area contributed by atoms with Crippen LogP contribution in [-0.2, 0) is 4.79 Å². The fourth-order valence-corrected chi connectivity index (χ4v) is 2.15. The fraction of sp³-hybridized carbons (Fsp3) is 0.333. The normalized spacial score (nSPS) is 11.9. The fourth-order valence-electron chi connectivity index (χ4n) is 1.49. The predicted molar refractivity (Wildman–Crippen MR) is 83.0 cm³/mol. The van der Waals surface area contributed by atoms with Crippen molar-refractivity contribution in [3.8, 4) is 0 Å². The summed E-state index contributed by atoms with van der Waals surface area (Å²) >= 11 is 14.1. The van der Waals surface area contributed by atoms with Crippen LogP contribution in [0.15, 0.2) is 22.7 Å². The van der Waals surface area contributed by atoms with Gasteiger partial charge in [0, 0.05) is 10.2 Å². The number of hydrogen-bond acceptors (Lipinski definition) is 2. The van der Waals surface area contributed by atoms with Crippen molar-refractivity contribution < 1.29 is 4.79 Å². The number of anilines is 1. The van der Waals surface area contributed by atoms with Crippen LogP contribution in [0.3, 0.4) is 0 Å². The summed E-state index contributed by atoms with van der Waals surface area (Å²) in [5.74, 6) is -0.629. The molecule has 1 unspecified atom stereocenters. The third-order valence-corrected chi connectivity index (χ3v) is 3.94. The van der Waals surface area contributed by atoms with Gasteiger partial charge in [0.2, 0.25) is 5.91 Å². The van der Waals surface area contributed by atoms with E-state index < -0.39 is 5.92 Å². The van der Waals surface area contributed by atoms with E-state index in [1.807, 2.05) is 6.92 Å². The first-order valence-electron chi connectivity index (χ1n) is 5.51. The molecule has 1 rings (SSSR count). The molecule has 0 spiro atoms. The molecule has 1 atom stereocenters. The summed E-state index contributed by atoms with van der Waals surface area (Å²) in [4.78, 5) is 12.2. The molecule has 0 heterocycles. The molecule has 18 heavy (non-hydrogen) atoms. The van der Waals surface area contributed by atoms with Crippen LogP contribution in [-0.4, -0.2) is 10.9 Å². The van der Waals surface area contributed by atoms with Crippen LogP contribution >= 0.6 is 39.7 Å². The van der Waals surface area contributed by atoms with Crippen molar-refractivity contribution in [2.45, 2.75) is 19.8 Å². The minimum absolute atomic E-state index is 0.192. The molecule has 0 aliphatic carbocycles. The Morgan fingerprint density at radius 1 is 1.61 bits per heavy atom. The molecule has 0 saturated heterocycles. The molecule has 6 heteroatoms. The molecule has 0 radical (unpaired) electrons. The zero-order valence-corrected chi connectivity index (χ0v) is 13.0. The Morgan fingerprint density at radius 3 is 2.78 bits per heavy atom. The number of benzene rings is 1. The molecule has 0 bridgehead atoms. The predicted octanol–water partition coefficient (Wildman–Crippen LogP) is 3.74. The maximum absolute atomic E-state index is 12.0. The van der Waals surface area contributed by atoms with Crippen LogP contribution in [0.2, 0.25) is 5.02 Å². The van der Waals surface area contributed by atoms with Crippen LogP contribution in [0.1, 0.15) is 19.8 Å². The zero-order chi connectivity index (χ0) is 13.7. The average molecular weight is 350 g/mol. The molecule has 0 fully saturated rings. The third-order valence-electron chi connectivity index (χ3n) is 2.42. The number of nitrogens with one attached hydrogen (secondary N) is 1. The van der Waals surface area contributed by atoms with Crippen LogP contribution in [0.25, 0.3) is 0 Å². The Hall–Kier alpha value is -0.650. The first kappa shape index (κ1) is 15.4. The van der Waals surface area contributed by atoms with Gasteiger partial charge in [0.1, 0.15) is 0 Å². The van der Waals surface area contributed by atoms with E-state index >= 15 is 0 Å². The summed E-state index contributed by atoms with van der Waals surface area (Å²) in [6.45, 7) is 1.98. The van der Waals surface area contributed by atoms with Crippen molar-refractivity contribution in [2.24, 2.45) is 11.7 Å². The first-order valence-corrected chi connectivity index (χ1v) is 7.08. The lowest BCUT2D eigenvalue weighted by Crippen LogP contribution is -2.33. The molecular formula is C12H14BrClN2OS. The Labute approximate surface area is 125 Å². The highest BCUT2D eigenvalue weighted by Crippen LogP contribution is 2.26. The van der Waals surface area contributed by atoms with Gasteiger partial charge in [-0.25, -0.2) is 0 Å². The quantitative estimate of drug-likeness (QED) is 0.796. The van der Waals surface area contributed by atoms with Crippen LogP contribution in [0.4, 0.5) is 5.69 Å². The molecular weight excluding hydrogens is 336 g/mol. The van der Waals surface area contributed by atoms with E-state index in [9.17, 15) is 4.79 Å². The van der Waals surface area contributed by atoms with Crippen LogP contribution in [0.5, 0.6) is 0 Å². The smallest absolute Gasteiger partial charge is 0.234 e. The standard InChI is InChI=1S/C12H14BrClN2OS/c1-2-3-8(11(15)18)12(17)16-7-4-5-9(13)10(14)6-7/h4-6,8H,2-3H2,1H3,(H2,15,18)(H,16,17). The van der Waals surface area contributed by atoms with Gasteiger partial charge >= 0.3 is 0 Å². The lowest BCUT2D eigenvalue weighted by molar-refractivity contribution is -0.118. The number of amides is 1. The summed E-state index contributed by atoms with van der Waals surface area (Å²) in [5.41, 5.74) is 6.20. The number of rotatable bonds is 5. The third kappa shape index (κ3) is 4.23. The number of carbonyl (C=O) groups excluding carboxylic acids is 1. The molecule has 0 aliphatic heterocycles. The molecule has 98 valence electrons. The first-order chi connectivity index (χ1) is 8.45. The van der Waals surface area contributed by atoms with Gasteiger partial charge in [-0.1, -0.05) is 37.2 Å². The summed E-state index contributed by atoms with van der Waals surface area (Å²) in [6, 6.07) is 5.20. The number of nitrogens with two attached hydrogens (primary N) is 1. The second kappa shape index (κ2) is 7.07. The van der Waals surface area contributed by atoms with Gasteiger partial charge < -0.3 is 11.1 Å². The maximum atomic E-state index is 12.0. The number of thiocarbonyl (C=S) groups is 1. The zero-order valence-electron chi connectivity index (χ0n) is 9.87. The summed E-state index contributed by atoms with van der Waals surface area (Å²) < 4.78 is 0.779. The largest absolute Gasteiger partial charge is 0.393 e. The summed E-state index contributed by atoms with van der Waals surface area (Å²) in [5, 5.41) is 3.30. The highest BCUT2D eigenvalue weighted by molar-refractivity contribution is 9.10. The molecule has 3 nitrogen and oxygen atoms in total. The van der Waals surface area contributed by atoms with Crippen molar-refractivity contribution in [1.29, 1.82) is 0 Å². The summed E-state index contributed by atoms with van der Waals surface area (Å²) in [6.07, 6.45) is 1.49. The van der Waals surface area contributed by atoms with Crippen molar-refractivity contribution in [2.75, 3.05) is 5.32 Å². The molecule has 0 aromatic heterocycles. The Kier molecular flexibility index (Phi) is 6.05. The summed E-state index contributed by atoms with van der Waals surface area (Å²) in [7, 11) is 0. The molecule has 0 aliphatic rings. The Bertz CT molecular complexity index is 467. The van der Waals surface area contributed by atoms with Gasteiger partial charge in [-0.3, -0.25) is 4.79 Å². The highest BCUT2D eigenvalue weighted by Gasteiger charge is 2.20. The number of carbonyl (C=O) groups is 1. The van der Waals surface area contributed by atoms with Gasteiger partial charge in [-0.05, 0) is 40.5 Å². The minimum atomic E-state index is -0.438. The lowest BCUT2D eigenvalue weighted by Gasteiger charge is -2.14. The van der Waals surface area contributed by atoms with Gasteiger partial charge in [-0.2, -0.15) is 0 Å².